The maximum Gasteiger partial charge on any atom is 0.243 e. The molecule has 3 aromatic rings. The highest BCUT2D eigenvalue weighted by Gasteiger charge is 2.26. The summed E-state index contributed by atoms with van der Waals surface area (Å²) in [5.41, 5.74) is 1.06. The van der Waals surface area contributed by atoms with Gasteiger partial charge in [-0.15, -0.1) is 0 Å². The molecule has 1 aliphatic rings. The molecule has 176 valence electrons. The number of nitrogens with zero attached hydrogens (tertiary/aromatic N) is 3. The Labute approximate surface area is 195 Å². The van der Waals surface area contributed by atoms with Gasteiger partial charge in [0.1, 0.15) is 11.6 Å². The summed E-state index contributed by atoms with van der Waals surface area (Å²) >= 11 is 1.14. The third kappa shape index (κ3) is 5.04. The largest absolute Gasteiger partial charge is 0.323 e. The maximum atomic E-state index is 13.8. The average Bonchev–Trinajstić information content (AvgIpc) is 3.17. The first-order valence-electron chi connectivity index (χ1n) is 10.7. The predicted molar refractivity (Wildman–Crippen MR) is 124 cm³/mol. The van der Waals surface area contributed by atoms with E-state index in [1.165, 1.54) is 4.31 Å². The van der Waals surface area contributed by atoms with Crippen LogP contribution in [0.15, 0.2) is 46.5 Å². The fourth-order valence-corrected chi connectivity index (χ4v) is 6.24. The topological polar surface area (TPSA) is 84.3 Å². The number of anilines is 1. The molecule has 7 nitrogen and oxygen atoms in total. The van der Waals surface area contributed by atoms with Crippen LogP contribution in [0.25, 0.3) is 11.0 Å². The first-order valence-corrected chi connectivity index (χ1v) is 13.1. The van der Waals surface area contributed by atoms with E-state index in [1.54, 1.807) is 18.2 Å². The molecule has 0 unspecified atom stereocenters. The van der Waals surface area contributed by atoms with Crippen molar-refractivity contribution in [1.82, 2.24) is 13.9 Å². The van der Waals surface area contributed by atoms with Gasteiger partial charge in [0.05, 0.1) is 27.4 Å². The van der Waals surface area contributed by atoms with E-state index in [9.17, 15) is 22.0 Å². The van der Waals surface area contributed by atoms with Crippen LogP contribution in [-0.2, 0) is 21.4 Å². The molecule has 1 saturated heterocycles. The number of aryl methyl sites for hydroxylation is 1. The number of sulfonamides is 1. The number of thioether (sulfide) groups is 1. The second kappa shape index (κ2) is 9.78. The monoisotopic (exact) mass is 494 g/mol. The number of piperidine rings is 1. The Bertz CT molecular complexity index is 1290. The molecule has 0 bridgehead atoms. The van der Waals surface area contributed by atoms with Crippen LogP contribution in [0.2, 0.25) is 0 Å². The SMILES string of the molecule is CCn1c(SCC(=O)Nc2cc(F)ccc2F)nc2cc(S(=O)(=O)N3CCCCC3)ccc21. The normalized spacial score (nSPS) is 15.1. The average molecular weight is 495 g/mol. The number of benzene rings is 2. The summed E-state index contributed by atoms with van der Waals surface area (Å²) in [7, 11) is -3.58. The number of carbonyl (C=O) groups excluding carboxylic acids is 1. The highest BCUT2D eigenvalue weighted by Crippen LogP contribution is 2.28. The van der Waals surface area contributed by atoms with Crippen LogP contribution in [0.5, 0.6) is 0 Å². The van der Waals surface area contributed by atoms with Gasteiger partial charge in [0.2, 0.25) is 15.9 Å². The van der Waals surface area contributed by atoms with Crippen LogP contribution in [0, 0.1) is 11.6 Å². The standard InChI is InChI=1S/C22H24F2N4O3S2/c1-2-28-20-9-7-16(33(30,31)27-10-4-3-5-11-27)13-19(20)26-22(28)32-14-21(29)25-18-12-15(23)6-8-17(18)24/h6-9,12-13H,2-5,10-11,14H2,1H3,(H,25,29). The number of aromatic nitrogens is 2. The fourth-order valence-electron chi connectivity index (χ4n) is 3.83. The zero-order valence-corrected chi connectivity index (χ0v) is 19.7. The number of hydrogen-bond donors (Lipinski definition) is 1. The second-order valence-corrected chi connectivity index (χ2v) is 10.6. The van der Waals surface area contributed by atoms with Crippen molar-refractivity contribution in [3.8, 4) is 0 Å². The minimum Gasteiger partial charge on any atom is -0.323 e. The maximum absolute atomic E-state index is 13.8. The first kappa shape index (κ1) is 23.7. The molecular formula is C22H24F2N4O3S2. The summed E-state index contributed by atoms with van der Waals surface area (Å²) in [6.45, 7) is 3.53. The van der Waals surface area contributed by atoms with Crippen LogP contribution >= 0.6 is 11.8 Å². The van der Waals surface area contributed by atoms with Crippen molar-refractivity contribution in [2.75, 3.05) is 24.2 Å². The molecule has 0 spiro atoms. The zero-order chi connectivity index (χ0) is 23.6. The summed E-state index contributed by atoms with van der Waals surface area (Å²) in [4.78, 5) is 17.0. The fraction of sp³-hybridized carbons (Fsp3) is 0.364. The summed E-state index contributed by atoms with van der Waals surface area (Å²) in [5.74, 6) is -1.95. The summed E-state index contributed by atoms with van der Waals surface area (Å²) in [6, 6.07) is 7.73. The van der Waals surface area contributed by atoms with Gasteiger partial charge < -0.3 is 9.88 Å². The van der Waals surface area contributed by atoms with Crippen molar-refractivity contribution in [1.29, 1.82) is 0 Å². The molecule has 1 aromatic heterocycles. The Kier molecular flexibility index (Phi) is 7.01. The Morgan fingerprint density at radius 3 is 2.61 bits per heavy atom. The van der Waals surface area contributed by atoms with Crippen LogP contribution < -0.4 is 5.32 Å². The van der Waals surface area contributed by atoms with E-state index < -0.39 is 27.6 Å². The van der Waals surface area contributed by atoms with Crippen molar-refractivity contribution < 1.29 is 22.0 Å². The number of amides is 1. The van der Waals surface area contributed by atoms with E-state index in [1.807, 2.05) is 11.5 Å². The number of nitrogens with one attached hydrogen (secondary N) is 1. The van der Waals surface area contributed by atoms with Gasteiger partial charge in [-0.2, -0.15) is 4.31 Å². The van der Waals surface area contributed by atoms with E-state index in [-0.39, 0.29) is 16.3 Å². The van der Waals surface area contributed by atoms with Crippen molar-refractivity contribution in [2.24, 2.45) is 0 Å². The molecule has 0 radical (unpaired) electrons. The van der Waals surface area contributed by atoms with Crippen LogP contribution in [-0.4, -0.2) is 47.0 Å². The van der Waals surface area contributed by atoms with Gasteiger partial charge in [0, 0.05) is 25.7 Å². The molecule has 1 N–H and O–H groups in total. The molecule has 1 aliphatic heterocycles. The molecule has 1 fully saturated rings. The molecule has 0 aliphatic carbocycles. The van der Waals surface area contributed by atoms with Crippen LogP contribution in [0.3, 0.4) is 0 Å². The van der Waals surface area contributed by atoms with Gasteiger partial charge >= 0.3 is 0 Å². The van der Waals surface area contributed by atoms with Gasteiger partial charge in [-0.3, -0.25) is 4.79 Å². The summed E-state index contributed by atoms with van der Waals surface area (Å²) < 4.78 is 56.5. The molecule has 0 atom stereocenters. The summed E-state index contributed by atoms with van der Waals surface area (Å²) in [6.07, 6.45) is 2.74. The lowest BCUT2D eigenvalue weighted by molar-refractivity contribution is -0.113. The van der Waals surface area contributed by atoms with E-state index in [0.717, 1.165) is 54.7 Å². The smallest absolute Gasteiger partial charge is 0.243 e. The van der Waals surface area contributed by atoms with Crippen molar-refractivity contribution in [3.63, 3.8) is 0 Å². The molecule has 4 rings (SSSR count). The molecule has 1 amide bonds. The van der Waals surface area contributed by atoms with E-state index >= 15 is 0 Å². The number of imidazole rings is 1. The molecule has 33 heavy (non-hydrogen) atoms. The van der Waals surface area contributed by atoms with Crippen molar-refractivity contribution >= 4 is 44.4 Å². The molecule has 0 saturated carbocycles. The highest BCUT2D eigenvalue weighted by molar-refractivity contribution is 7.99. The van der Waals surface area contributed by atoms with E-state index in [4.69, 9.17) is 0 Å². The lowest BCUT2D eigenvalue weighted by Crippen LogP contribution is -2.35. The number of fused-ring (bicyclic) bond motifs is 1. The first-order chi connectivity index (χ1) is 15.8. The van der Waals surface area contributed by atoms with Gasteiger partial charge in [0.15, 0.2) is 5.16 Å². The summed E-state index contributed by atoms with van der Waals surface area (Å²) in [5, 5.41) is 2.90. The third-order valence-electron chi connectivity index (χ3n) is 5.49. The van der Waals surface area contributed by atoms with Crippen molar-refractivity contribution in [2.45, 2.75) is 42.8 Å². The lowest BCUT2D eigenvalue weighted by Gasteiger charge is -2.25. The lowest BCUT2D eigenvalue weighted by atomic mass is 10.2. The van der Waals surface area contributed by atoms with Crippen LogP contribution in [0.4, 0.5) is 14.5 Å². The number of hydrogen-bond acceptors (Lipinski definition) is 5. The Hall–Kier alpha value is -2.50. The number of carbonyl (C=O) groups is 1. The van der Waals surface area contributed by atoms with E-state index in [2.05, 4.69) is 10.3 Å². The Balaban J connectivity index is 1.53. The van der Waals surface area contributed by atoms with Crippen molar-refractivity contribution in [3.05, 3.63) is 48.0 Å². The minimum absolute atomic E-state index is 0.0712. The van der Waals surface area contributed by atoms with Gasteiger partial charge in [-0.25, -0.2) is 22.2 Å². The van der Waals surface area contributed by atoms with Gasteiger partial charge in [-0.1, -0.05) is 18.2 Å². The van der Waals surface area contributed by atoms with Gasteiger partial charge in [-0.05, 0) is 50.1 Å². The second-order valence-electron chi connectivity index (χ2n) is 7.71. The predicted octanol–water partition coefficient (Wildman–Crippen LogP) is 4.24. The molecule has 11 heteroatoms. The zero-order valence-electron chi connectivity index (χ0n) is 18.1. The quantitative estimate of drug-likeness (QED) is 0.497. The molecule has 2 heterocycles. The third-order valence-corrected chi connectivity index (χ3v) is 8.36. The Morgan fingerprint density at radius 1 is 1.12 bits per heavy atom. The van der Waals surface area contributed by atoms with Crippen LogP contribution in [0.1, 0.15) is 26.2 Å². The molecule has 2 aromatic carbocycles. The Morgan fingerprint density at radius 2 is 1.88 bits per heavy atom. The molecular weight excluding hydrogens is 470 g/mol. The van der Waals surface area contributed by atoms with E-state index in [0.29, 0.717) is 30.3 Å². The number of halogens is 2. The number of rotatable bonds is 7. The highest BCUT2D eigenvalue weighted by atomic mass is 32.2. The minimum atomic E-state index is -3.58. The van der Waals surface area contributed by atoms with Gasteiger partial charge in [0.25, 0.3) is 0 Å².